The number of morpholine rings is 1. The van der Waals surface area contributed by atoms with Gasteiger partial charge in [-0.3, -0.25) is 4.90 Å². The summed E-state index contributed by atoms with van der Waals surface area (Å²) in [6, 6.07) is 18.3. The highest BCUT2D eigenvalue weighted by atomic mass is 16.5. The van der Waals surface area contributed by atoms with Gasteiger partial charge in [0, 0.05) is 31.9 Å². The summed E-state index contributed by atoms with van der Waals surface area (Å²) < 4.78 is 11.7. The van der Waals surface area contributed by atoms with Crippen molar-refractivity contribution in [2.45, 2.75) is 32.6 Å². The van der Waals surface area contributed by atoms with E-state index in [4.69, 9.17) is 9.47 Å². The zero-order valence-corrected chi connectivity index (χ0v) is 15.7. The molecule has 1 saturated heterocycles. The topological polar surface area (TPSA) is 45.8 Å². The van der Waals surface area contributed by atoms with Crippen molar-refractivity contribution in [2.24, 2.45) is 0 Å². The lowest BCUT2D eigenvalue weighted by Gasteiger charge is -2.35. The molecule has 5 nitrogen and oxygen atoms in total. The van der Waals surface area contributed by atoms with Gasteiger partial charge >= 0.3 is 0 Å². The van der Waals surface area contributed by atoms with Gasteiger partial charge in [-0.05, 0) is 43.7 Å². The van der Waals surface area contributed by atoms with E-state index < -0.39 is 0 Å². The molecular weight excluding hydrogens is 326 g/mol. The second kappa shape index (κ2) is 9.57. The van der Waals surface area contributed by atoms with Crippen LogP contribution in [0.1, 0.15) is 19.4 Å². The molecule has 2 N–H and O–H groups in total. The number of nitrogens with zero attached hydrogens (tertiary/aromatic N) is 1. The zero-order chi connectivity index (χ0) is 18.2. The van der Waals surface area contributed by atoms with Crippen molar-refractivity contribution in [1.82, 2.24) is 10.3 Å². The Labute approximate surface area is 156 Å². The van der Waals surface area contributed by atoms with Crippen LogP contribution in [0.4, 0.5) is 5.69 Å². The van der Waals surface area contributed by atoms with E-state index >= 15 is 0 Å². The normalized spacial score (nSPS) is 20.7. The lowest BCUT2D eigenvalue weighted by atomic mass is 10.2. The summed E-state index contributed by atoms with van der Waals surface area (Å²) in [6.07, 6.45) is 0.593. The van der Waals surface area contributed by atoms with E-state index in [1.54, 1.807) is 0 Å². The van der Waals surface area contributed by atoms with E-state index in [-0.39, 0.29) is 0 Å². The third-order valence-electron chi connectivity index (χ3n) is 4.37. The highest BCUT2D eigenvalue weighted by Gasteiger charge is 2.21. The molecule has 0 spiro atoms. The Balaban J connectivity index is 1.41. The van der Waals surface area contributed by atoms with E-state index in [9.17, 15) is 0 Å². The third-order valence-corrected chi connectivity index (χ3v) is 4.37. The number of hydrazine groups is 1. The van der Waals surface area contributed by atoms with Crippen LogP contribution < -0.4 is 15.6 Å². The maximum Gasteiger partial charge on any atom is 0.119 e. The maximum atomic E-state index is 5.95. The van der Waals surface area contributed by atoms with E-state index in [0.717, 1.165) is 37.6 Å². The van der Waals surface area contributed by atoms with Gasteiger partial charge < -0.3 is 14.9 Å². The minimum absolute atomic E-state index is 0.297. The molecule has 1 heterocycles. The fourth-order valence-corrected chi connectivity index (χ4v) is 3.27. The molecule has 2 aromatic rings. The first-order chi connectivity index (χ1) is 12.7. The number of hydrogen-bond acceptors (Lipinski definition) is 5. The van der Waals surface area contributed by atoms with Crippen molar-refractivity contribution >= 4 is 5.69 Å². The van der Waals surface area contributed by atoms with E-state index in [2.05, 4.69) is 41.7 Å². The summed E-state index contributed by atoms with van der Waals surface area (Å²) in [4.78, 5) is 2.41. The van der Waals surface area contributed by atoms with Crippen LogP contribution >= 0.6 is 0 Å². The number of benzene rings is 2. The summed E-state index contributed by atoms with van der Waals surface area (Å²) in [6.45, 7) is 8.55. The minimum atomic E-state index is 0.297. The van der Waals surface area contributed by atoms with Crippen LogP contribution in [0.5, 0.6) is 5.75 Å². The number of hydrogen-bond donors (Lipinski definition) is 2. The van der Waals surface area contributed by atoms with Gasteiger partial charge in [-0.25, -0.2) is 5.43 Å². The van der Waals surface area contributed by atoms with Crippen LogP contribution in [0.15, 0.2) is 54.6 Å². The molecule has 0 amide bonds. The highest BCUT2D eigenvalue weighted by Crippen LogP contribution is 2.14. The second-order valence-corrected chi connectivity index (χ2v) is 6.86. The average molecular weight is 355 g/mol. The monoisotopic (exact) mass is 355 g/mol. The Morgan fingerprint density at radius 1 is 1.04 bits per heavy atom. The van der Waals surface area contributed by atoms with Crippen LogP contribution in [0, 0.1) is 0 Å². The van der Waals surface area contributed by atoms with Crippen molar-refractivity contribution in [3.8, 4) is 5.75 Å². The molecule has 140 valence electrons. The van der Waals surface area contributed by atoms with E-state index in [1.807, 2.05) is 42.5 Å². The Morgan fingerprint density at radius 3 is 2.58 bits per heavy atom. The van der Waals surface area contributed by atoms with Crippen LogP contribution in [0.25, 0.3) is 0 Å². The van der Waals surface area contributed by atoms with Crippen molar-refractivity contribution in [3.05, 3.63) is 60.2 Å². The van der Waals surface area contributed by atoms with Gasteiger partial charge in [0.2, 0.25) is 0 Å². The SMILES string of the molecule is CC1CN(CCOc2cccc(CNNc3ccccc3)c2)CC(C)O1. The van der Waals surface area contributed by atoms with Gasteiger partial charge in [0.15, 0.2) is 0 Å². The molecule has 0 radical (unpaired) electrons. The molecule has 0 aromatic heterocycles. The zero-order valence-electron chi connectivity index (χ0n) is 15.7. The first kappa shape index (κ1) is 18.7. The van der Waals surface area contributed by atoms with Gasteiger partial charge in [-0.15, -0.1) is 0 Å². The molecule has 2 atom stereocenters. The molecule has 3 rings (SSSR count). The van der Waals surface area contributed by atoms with Crippen molar-refractivity contribution < 1.29 is 9.47 Å². The molecule has 26 heavy (non-hydrogen) atoms. The minimum Gasteiger partial charge on any atom is -0.492 e. The molecule has 5 heteroatoms. The quantitative estimate of drug-likeness (QED) is 0.712. The summed E-state index contributed by atoms with van der Waals surface area (Å²) in [5.41, 5.74) is 8.66. The first-order valence-corrected chi connectivity index (χ1v) is 9.32. The van der Waals surface area contributed by atoms with Crippen molar-refractivity contribution in [1.29, 1.82) is 0 Å². The predicted molar refractivity (Wildman–Crippen MR) is 105 cm³/mol. The lowest BCUT2D eigenvalue weighted by molar-refractivity contribution is -0.0699. The largest absolute Gasteiger partial charge is 0.492 e. The molecule has 1 aliphatic rings. The average Bonchev–Trinajstić information content (AvgIpc) is 2.62. The smallest absolute Gasteiger partial charge is 0.119 e. The van der Waals surface area contributed by atoms with E-state index in [0.29, 0.717) is 18.8 Å². The molecule has 0 bridgehead atoms. The Morgan fingerprint density at radius 2 is 1.81 bits per heavy atom. The Kier molecular flexibility index (Phi) is 6.89. The van der Waals surface area contributed by atoms with Gasteiger partial charge in [-0.2, -0.15) is 0 Å². The molecule has 0 saturated carbocycles. The van der Waals surface area contributed by atoms with Gasteiger partial charge in [0.1, 0.15) is 12.4 Å². The number of nitrogens with one attached hydrogen (secondary N) is 2. The van der Waals surface area contributed by atoms with Crippen LogP contribution in [-0.4, -0.2) is 43.3 Å². The molecule has 1 fully saturated rings. The summed E-state index contributed by atoms with van der Waals surface area (Å²) in [5.74, 6) is 0.915. The predicted octanol–water partition coefficient (Wildman–Crippen LogP) is 3.29. The lowest BCUT2D eigenvalue weighted by Crippen LogP contribution is -2.46. The highest BCUT2D eigenvalue weighted by molar-refractivity contribution is 5.41. The number of anilines is 1. The van der Waals surface area contributed by atoms with Gasteiger partial charge in [-0.1, -0.05) is 30.3 Å². The fourth-order valence-electron chi connectivity index (χ4n) is 3.27. The molecular formula is C21H29N3O2. The Bertz CT molecular complexity index is 655. The summed E-state index contributed by atoms with van der Waals surface area (Å²) in [5, 5.41) is 0. The standard InChI is InChI=1S/C21H29N3O2/c1-17-15-24(16-18(2)26-17)11-12-25-21-10-6-7-19(13-21)14-22-23-20-8-4-3-5-9-20/h3-10,13,17-18,22-23H,11-12,14-16H2,1-2H3. The maximum absolute atomic E-state index is 5.95. The van der Waals surface area contributed by atoms with Gasteiger partial charge in [0.25, 0.3) is 0 Å². The number of rotatable bonds is 8. The first-order valence-electron chi connectivity index (χ1n) is 9.32. The Hall–Kier alpha value is -2.08. The van der Waals surface area contributed by atoms with E-state index in [1.165, 1.54) is 5.56 Å². The van der Waals surface area contributed by atoms with Crippen LogP contribution in [0.3, 0.4) is 0 Å². The van der Waals surface area contributed by atoms with Gasteiger partial charge in [0.05, 0.1) is 12.2 Å². The molecule has 0 aliphatic carbocycles. The molecule has 2 unspecified atom stereocenters. The van der Waals surface area contributed by atoms with Crippen molar-refractivity contribution in [3.63, 3.8) is 0 Å². The van der Waals surface area contributed by atoms with Crippen LogP contribution in [0.2, 0.25) is 0 Å². The summed E-state index contributed by atoms with van der Waals surface area (Å²) >= 11 is 0. The molecule has 2 aromatic carbocycles. The second-order valence-electron chi connectivity index (χ2n) is 6.86. The third kappa shape index (κ3) is 6.02. The number of ether oxygens (including phenoxy) is 2. The summed E-state index contributed by atoms with van der Waals surface area (Å²) in [7, 11) is 0. The van der Waals surface area contributed by atoms with Crippen LogP contribution in [-0.2, 0) is 11.3 Å². The molecule has 1 aliphatic heterocycles. The number of para-hydroxylation sites is 1. The van der Waals surface area contributed by atoms with Crippen molar-refractivity contribution in [2.75, 3.05) is 31.7 Å². The fraction of sp³-hybridized carbons (Fsp3) is 0.429.